The molecule has 0 spiro atoms. The number of benzene rings is 1. The van der Waals surface area contributed by atoms with Crippen LogP contribution in [0.4, 0.5) is 0 Å². The summed E-state index contributed by atoms with van der Waals surface area (Å²) in [5, 5.41) is 3.46. The summed E-state index contributed by atoms with van der Waals surface area (Å²) in [6.07, 6.45) is 6.20. The molecule has 0 aliphatic carbocycles. The number of aliphatic imine (C=N–C) groups is 1. The Kier molecular flexibility index (Phi) is 8.43. The molecule has 2 heterocycles. The molecule has 0 aromatic heterocycles. The van der Waals surface area contributed by atoms with Crippen molar-refractivity contribution in [1.29, 1.82) is 0 Å². The summed E-state index contributed by atoms with van der Waals surface area (Å²) < 4.78 is 22.7. The number of ether oxygens (including phenoxy) is 4. The van der Waals surface area contributed by atoms with Crippen LogP contribution in [0.1, 0.15) is 37.7 Å². The zero-order chi connectivity index (χ0) is 20.5. The molecule has 0 bridgehead atoms. The molecule has 7 nitrogen and oxygen atoms in total. The van der Waals surface area contributed by atoms with Gasteiger partial charge in [0.2, 0.25) is 0 Å². The van der Waals surface area contributed by atoms with E-state index in [1.807, 2.05) is 25.2 Å². The van der Waals surface area contributed by atoms with Crippen molar-refractivity contribution in [3.63, 3.8) is 0 Å². The number of nitrogens with zero attached hydrogens (tertiary/aromatic N) is 2. The Hall–Kier alpha value is -1.99. The summed E-state index contributed by atoms with van der Waals surface area (Å²) in [4.78, 5) is 6.76. The fourth-order valence-electron chi connectivity index (χ4n) is 3.92. The molecule has 2 aliphatic rings. The van der Waals surface area contributed by atoms with E-state index in [1.54, 1.807) is 14.2 Å². The highest BCUT2D eigenvalue weighted by Gasteiger charge is 2.24. The molecule has 0 radical (unpaired) electrons. The van der Waals surface area contributed by atoms with Crippen molar-refractivity contribution in [2.24, 2.45) is 4.99 Å². The molecule has 1 aromatic carbocycles. The second-order valence-electron chi connectivity index (χ2n) is 7.59. The maximum absolute atomic E-state index is 6.13. The first kappa shape index (κ1) is 21.7. The molecule has 1 aromatic rings. The average Bonchev–Trinajstić information content (AvgIpc) is 2.79. The monoisotopic (exact) mass is 405 g/mol. The van der Waals surface area contributed by atoms with Crippen molar-refractivity contribution in [3.05, 3.63) is 23.8 Å². The van der Waals surface area contributed by atoms with Crippen LogP contribution in [-0.4, -0.2) is 70.6 Å². The van der Waals surface area contributed by atoms with E-state index in [2.05, 4.69) is 15.2 Å². The van der Waals surface area contributed by atoms with Gasteiger partial charge in [-0.1, -0.05) is 0 Å². The second kappa shape index (κ2) is 11.3. The highest BCUT2D eigenvalue weighted by atomic mass is 16.5. The Bertz CT molecular complexity index is 653. The van der Waals surface area contributed by atoms with Crippen LogP contribution < -0.4 is 14.8 Å². The lowest BCUT2D eigenvalue weighted by molar-refractivity contribution is -0.0721. The summed E-state index contributed by atoms with van der Waals surface area (Å²) in [7, 11) is 5.16. The number of likely N-dealkylation sites (tertiary alicyclic amines) is 1. The van der Waals surface area contributed by atoms with Gasteiger partial charge in [-0.15, -0.1) is 0 Å². The molecular weight excluding hydrogens is 370 g/mol. The van der Waals surface area contributed by atoms with Gasteiger partial charge in [-0.05, 0) is 44.2 Å². The first-order valence-electron chi connectivity index (χ1n) is 10.6. The molecule has 7 heteroatoms. The van der Waals surface area contributed by atoms with Crippen molar-refractivity contribution < 1.29 is 18.9 Å². The third kappa shape index (κ3) is 6.24. The number of rotatable bonds is 7. The van der Waals surface area contributed by atoms with Gasteiger partial charge in [0.25, 0.3) is 0 Å². The Morgan fingerprint density at radius 2 is 2.00 bits per heavy atom. The molecule has 2 aliphatic heterocycles. The topological polar surface area (TPSA) is 64.6 Å². The number of nitrogens with one attached hydrogen (secondary N) is 1. The fraction of sp³-hybridized carbons (Fsp3) is 0.682. The van der Waals surface area contributed by atoms with Crippen LogP contribution in [0.2, 0.25) is 0 Å². The zero-order valence-corrected chi connectivity index (χ0v) is 18.0. The standard InChI is InChI=1S/C22H35N3O4/c1-23-22(24-15-17-7-8-19(26-2)14-21(17)27-3)25-11-9-18(10-12-25)29-16-20-6-4-5-13-28-20/h7-8,14,18,20H,4-6,9-13,15-16H2,1-3H3,(H,23,24). The number of hydrogen-bond acceptors (Lipinski definition) is 5. The van der Waals surface area contributed by atoms with Crippen LogP contribution in [0.15, 0.2) is 23.2 Å². The van der Waals surface area contributed by atoms with Gasteiger partial charge < -0.3 is 29.2 Å². The molecule has 1 unspecified atom stereocenters. The zero-order valence-electron chi connectivity index (χ0n) is 18.0. The van der Waals surface area contributed by atoms with Gasteiger partial charge in [-0.25, -0.2) is 0 Å². The number of methoxy groups -OCH3 is 2. The van der Waals surface area contributed by atoms with Crippen molar-refractivity contribution in [1.82, 2.24) is 10.2 Å². The van der Waals surface area contributed by atoms with Gasteiger partial charge in [-0.3, -0.25) is 4.99 Å². The van der Waals surface area contributed by atoms with E-state index in [4.69, 9.17) is 18.9 Å². The highest BCUT2D eigenvalue weighted by molar-refractivity contribution is 5.80. The van der Waals surface area contributed by atoms with Gasteiger partial charge in [-0.2, -0.15) is 0 Å². The molecule has 162 valence electrons. The third-order valence-electron chi connectivity index (χ3n) is 5.68. The molecule has 2 saturated heterocycles. The van der Waals surface area contributed by atoms with E-state index in [9.17, 15) is 0 Å². The Morgan fingerprint density at radius 1 is 1.17 bits per heavy atom. The van der Waals surface area contributed by atoms with Gasteiger partial charge in [0, 0.05) is 44.9 Å². The highest BCUT2D eigenvalue weighted by Crippen LogP contribution is 2.24. The molecule has 29 heavy (non-hydrogen) atoms. The largest absolute Gasteiger partial charge is 0.497 e. The van der Waals surface area contributed by atoms with Crippen molar-refractivity contribution in [3.8, 4) is 11.5 Å². The lowest BCUT2D eigenvalue weighted by Crippen LogP contribution is -2.47. The predicted molar refractivity (Wildman–Crippen MR) is 114 cm³/mol. The van der Waals surface area contributed by atoms with Crippen molar-refractivity contribution in [2.45, 2.75) is 50.9 Å². The summed E-state index contributed by atoms with van der Waals surface area (Å²) in [6, 6.07) is 5.87. The van der Waals surface area contributed by atoms with Gasteiger partial charge in [0.1, 0.15) is 11.5 Å². The van der Waals surface area contributed by atoms with Gasteiger partial charge >= 0.3 is 0 Å². The molecule has 0 saturated carbocycles. The summed E-state index contributed by atoms with van der Waals surface area (Å²) in [6.45, 7) is 4.14. The van der Waals surface area contributed by atoms with Crippen LogP contribution in [0.5, 0.6) is 11.5 Å². The maximum atomic E-state index is 6.13. The van der Waals surface area contributed by atoms with E-state index in [0.717, 1.165) is 68.6 Å². The summed E-state index contributed by atoms with van der Waals surface area (Å²) in [5.41, 5.74) is 1.07. The average molecular weight is 406 g/mol. The van der Waals surface area contributed by atoms with Crippen LogP contribution in [-0.2, 0) is 16.0 Å². The molecule has 2 fully saturated rings. The van der Waals surface area contributed by atoms with Crippen molar-refractivity contribution >= 4 is 5.96 Å². The number of piperidine rings is 1. The minimum Gasteiger partial charge on any atom is -0.497 e. The molecule has 0 amide bonds. The second-order valence-corrected chi connectivity index (χ2v) is 7.59. The summed E-state index contributed by atoms with van der Waals surface area (Å²) >= 11 is 0. The number of hydrogen-bond donors (Lipinski definition) is 1. The predicted octanol–water partition coefficient (Wildman–Crippen LogP) is 2.83. The van der Waals surface area contributed by atoms with E-state index in [-0.39, 0.29) is 6.10 Å². The van der Waals surface area contributed by atoms with Crippen LogP contribution >= 0.6 is 0 Å². The smallest absolute Gasteiger partial charge is 0.193 e. The maximum Gasteiger partial charge on any atom is 0.193 e. The normalized spacial score (nSPS) is 21.1. The van der Waals surface area contributed by atoms with E-state index in [1.165, 1.54) is 12.8 Å². The SMILES string of the molecule is CN=C(NCc1ccc(OC)cc1OC)N1CCC(OCC2CCCCO2)CC1. The molecular formula is C22H35N3O4. The minimum atomic E-state index is 0.288. The Morgan fingerprint density at radius 3 is 2.66 bits per heavy atom. The summed E-state index contributed by atoms with van der Waals surface area (Å²) in [5.74, 6) is 2.51. The Balaban J connectivity index is 1.44. The fourth-order valence-corrected chi connectivity index (χ4v) is 3.92. The number of guanidine groups is 1. The lowest BCUT2D eigenvalue weighted by Gasteiger charge is -2.35. The first-order valence-corrected chi connectivity index (χ1v) is 10.6. The van der Waals surface area contributed by atoms with E-state index < -0.39 is 0 Å². The van der Waals surface area contributed by atoms with Crippen LogP contribution in [0.25, 0.3) is 0 Å². The molecule has 1 atom stereocenters. The third-order valence-corrected chi connectivity index (χ3v) is 5.68. The van der Waals surface area contributed by atoms with Gasteiger partial charge in [0.15, 0.2) is 5.96 Å². The molecule has 1 N–H and O–H groups in total. The van der Waals surface area contributed by atoms with Crippen LogP contribution in [0, 0.1) is 0 Å². The Labute approximate surface area is 174 Å². The van der Waals surface area contributed by atoms with Gasteiger partial charge in [0.05, 0.1) is 33.0 Å². The molecule has 3 rings (SSSR count). The lowest BCUT2D eigenvalue weighted by atomic mass is 10.1. The van der Waals surface area contributed by atoms with Crippen LogP contribution in [0.3, 0.4) is 0 Å². The van der Waals surface area contributed by atoms with E-state index in [0.29, 0.717) is 12.6 Å². The van der Waals surface area contributed by atoms with Crippen molar-refractivity contribution in [2.75, 3.05) is 47.6 Å². The van der Waals surface area contributed by atoms with E-state index >= 15 is 0 Å². The quantitative estimate of drug-likeness (QED) is 0.556. The first-order chi connectivity index (χ1) is 14.2. The minimum absolute atomic E-state index is 0.288.